The van der Waals surface area contributed by atoms with Crippen LogP contribution in [0.3, 0.4) is 0 Å². The fraction of sp³-hybridized carbons (Fsp3) is 0.583. The molecule has 0 spiro atoms. The number of nitrogens with zero attached hydrogens (tertiary/aromatic N) is 1. The van der Waals surface area contributed by atoms with Crippen LogP contribution in [0.2, 0.25) is 0 Å². The first-order chi connectivity index (χ1) is 7.29. The van der Waals surface area contributed by atoms with Crippen molar-refractivity contribution in [3.63, 3.8) is 0 Å². The van der Waals surface area contributed by atoms with Gasteiger partial charge in [0.05, 0.1) is 0 Å². The second kappa shape index (κ2) is 3.12. The molecule has 3 nitrogen and oxygen atoms in total. The van der Waals surface area contributed by atoms with Crippen molar-refractivity contribution in [3.05, 3.63) is 23.5 Å². The van der Waals surface area contributed by atoms with Gasteiger partial charge in [0.25, 0.3) is 5.91 Å². The van der Waals surface area contributed by atoms with E-state index < -0.39 is 0 Å². The van der Waals surface area contributed by atoms with Crippen molar-refractivity contribution in [1.29, 1.82) is 0 Å². The maximum Gasteiger partial charge on any atom is 0.260 e. The Balaban J connectivity index is 1.89. The van der Waals surface area contributed by atoms with Gasteiger partial charge in [-0.2, -0.15) is 0 Å². The van der Waals surface area contributed by atoms with E-state index in [9.17, 15) is 4.79 Å². The molecule has 0 saturated heterocycles. The number of carbonyl (C=O) groups is 1. The van der Waals surface area contributed by atoms with Gasteiger partial charge in [-0.25, -0.2) is 0 Å². The molecule has 0 aromatic rings. The number of likely N-dealkylation sites (N-methyl/N-ethyl adjacent to an activating group) is 1. The first-order valence-electron chi connectivity index (χ1n) is 5.61. The van der Waals surface area contributed by atoms with E-state index in [1.807, 2.05) is 11.8 Å². The van der Waals surface area contributed by atoms with Gasteiger partial charge in [0.1, 0.15) is 5.76 Å². The number of amides is 1. The van der Waals surface area contributed by atoms with E-state index in [1.165, 1.54) is 12.0 Å². The van der Waals surface area contributed by atoms with Gasteiger partial charge in [-0.1, -0.05) is 12.2 Å². The zero-order valence-electron chi connectivity index (χ0n) is 8.90. The average Bonchev–Trinajstić information content (AvgIpc) is 3.01. The molecule has 0 N–H and O–H groups in total. The number of hydrogen-bond donors (Lipinski definition) is 0. The van der Waals surface area contributed by atoms with E-state index in [1.54, 1.807) is 0 Å². The molecule has 2 atom stereocenters. The van der Waals surface area contributed by atoms with Crippen LogP contribution in [-0.2, 0) is 9.53 Å². The number of rotatable bonds is 1. The van der Waals surface area contributed by atoms with Crippen LogP contribution in [0.15, 0.2) is 23.5 Å². The molecular formula is C12H15NO2. The summed E-state index contributed by atoms with van der Waals surface area (Å²) in [6, 6.07) is 0. The van der Waals surface area contributed by atoms with Crippen LogP contribution in [0.4, 0.5) is 0 Å². The fourth-order valence-electron chi connectivity index (χ4n) is 2.43. The summed E-state index contributed by atoms with van der Waals surface area (Å²) in [5.41, 5.74) is 1.21. The second-order valence-electron chi connectivity index (χ2n) is 4.45. The quantitative estimate of drug-likeness (QED) is 0.646. The summed E-state index contributed by atoms with van der Waals surface area (Å²) in [6.45, 7) is 3.73. The van der Waals surface area contributed by atoms with Crippen molar-refractivity contribution in [3.8, 4) is 0 Å². The highest BCUT2D eigenvalue weighted by atomic mass is 16.5. The van der Waals surface area contributed by atoms with E-state index in [2.05, 4.69) is 12.2 Å². The highest BCUT2D eigenvalue weighted by molar-refractivity contribution is 5.78. The molecule has 80 valence electrons. The molecule has 3 aliphatic rings. The predicted octanol–water partition coefficient (Wildman–Crippen LogP) is 1.33. The maximum atomic E-state index is 11.7. The Hall–Kier alpha value is -1.25. The van der Waals surface area contributed by atoms with Gasteiger partial charge in [-0.15, -0.1) is 0 Å². The minimum atomic E-state index is 0.109. The highest BCUT2D eigenvalue weighted by Crippen LogP contribution is 2.49. The molecule has 1 saturated carbocycles. The van der Waals surface area contributed by atoms with Gasteiger partial charge < -0.3 is 9.64 Å². The standard InChI is InChI=1S/C12H15NO2/c1-2-13-6-9-4-3-8-5-10(8)12(9)15-7-11(13)14/h3-4,8,10H,2,5-7H2,1H3. The third-order valence-electron chi connectivity index (χ3n) is 3.48. The third-order valence-corrected chi connectivity index (χ3v) is 3.48. The van der Waals surface area contributed by atoms with Crippen molar-refractivity contribution in [2.75, 3.05) is 19.7 Å². The fourth-order valence-corrected chi connectivity index (χ4v) is 2.43. The summed E-state index contributed by atoms with van der Waals surface area (Å²) < 4.78 is 5.64. The van der Waals surface area contributed by atoms with Crippen molar-refractivity contribution in [2.45, 2.75) is 13.3 Å². The molecule has 0 aromatic carbocycles. The Bertz CT molecular complexity index is 370. The molecule has 1 aliphatic heterocycles. The van der Waals surface area contributed by atoms with E-state index in [-0.39, 0.29) is 12.5 Å². The topological polar surface area (TPSA) is 29.5 Å². The molecule has 2 aliphatic carbocycles. The molecule has 1 heterocycles. The normalized spacial score (nSPS) is 33.1. The van der Waals surface area contributed by atoms with Gasteiger partial charge >= 0.3 is 0 Å². The molecule has 3 heteroatoms. The Kier molecular flexibility index (Phi) is 1.87. The molecule has 0 bridgehead atoms. The Morgan fingerprint density at radius 1 is 1.60 bits per heavy atom. The van der Waals surface area contributed by atoms with Crippen LogP contribution in [0, 0.1) is 11.8 Å². The van der Waals surface area contributed by atoms with Crippen molar-refractivity contribution < 1.29 is 9.53 Å². The maximum absolute atomic E-state index is 11.7. The summed E-state index contributed by atoms with van der Waals surface area (Å²) in [6.07, 6.45) is 5.61. The van der Waals surface area contributed by atoms with Crippen molar-refractivity contribution >= 4 is 5.91 Å². The van der Waals surface area contributed by atoms with Gasteiger partial charge in [0.15, 0.2) is 6.61 Å². The van der Waals surface area contributed by atoms with Gasteiger partial charge in [-0.05, 0) is 19.3 Å². The van der Waals surface area contributed by atoms with Gasteiger partial charge in [-0.3, -0.25) is 4.79 Å². The minimum absolute atomic E-state index is 0.109. The average molecular weight is 205 g/mol. The summed E-state index contributed by atoms with van der Waals surface area (Å²) >= 11 is 0. The van der Waals surface area contributed by atoms with Crippen LogP contribution in [0.25, 0.3) is 0 Å². The summed E-state index contributed by atoms with van der Waals surface area (Å²) in [5.74, 6) is 2.46. The van der Waals surface area contributed by atoms with Gasteiger partial charge in [0, 0.05) is 24.6 Å². The number of ether oxygens (including phenoxy) is 1. The lowest BCUT2D eigenvalue weighted by Crippen LogP contribution is -2.33. The first-order valence-corrected chi connectivity index (χ1v) is 5.61. The second-order valence-corrected chi connectivity index (χ2v) is 4.45. The van der Waals surface area contributed by atoms with Crippen LogP contribution in [0.1, 0.15) is 13.3 Å². The van der Waals surface area contributed by atoms with Gasteiger partial charge in [0.2, 0.25) is 0 Å². The number of fused-ring (bicyclic) bond motifs is 2. The first kappa shape index (κ1) is 9.01. The van der Waals surface area contributed by atoms with E-state index in [4.69, 9.17) is 4.74 Å². The lowest BCUT2D eigenvalue weighted by Gasteiger charge is -2.18. The molecule has 15 heavy (non-hydrogen) atoms. The highest BCUT2D eigenvalue weighted by Gasteiger charge is 2.43. The van der Waals surface area contributed by atoms with E-state index in [0.29, 0.717) is 11.8 Å². The van der Waals surface area contributed by atoms with Crippen LogP contribution in [0.5, 0.6) is 0 Å². The number of hydrogen-bond acceptors (Lipinski definition) is 2. The predicted molar refractivity (Wildman–Crippen MR) is 56.0 cm³/mol. The van der Waals surface area contributed by atoms with Crippen LogP contribution >= 0.6 is 0 Å². The molecule has 0 aromatic heterocycles. The molecule has 3 rings (SSSR count). The number of carbonyl (C=O) groups excluding carboxylic acids is 1. The third kappa shape index (κ3) is 1.37. The van der Waals surface area contributed by atoms with Crippen LogP contribution < -0.4 is 0 Å². The van der Waals surface area contributed by atoms with Crippen LogP contribution in [-0.4, -0.2) is 30.5 Å². The SMILES string of the molecule is CCN1CC2=C(OCC1=O)C1CC1C=C2. The summed E-state index contributed by atoms with van der Waals surface area (Å²) in [7, 11) is 0. The van der Waals surface area contributed by atoms with Crippen molar-refractivity contribution in [2.24, 2.45) is 11.8 Å². The lowest BCUT2D eigenvalue weighted by atomic mass is 10.0. The molecule has 1 fully saturated rings. The molecule has 2 unspecified atom stereocenters. The van der Waals surface area contributed by atoms with E-state index >= 15 is 0 Å². The zero-order chi connectivity index (χ0) is 10.4. The Morgan fingerprint density at radius 3 is 3.27 bits per heavy atom. The lowest BCUT2D eigenvalue weighted by molar-refractivity contribution is -0.133. The molecule has 1 amide bonds. The largest absolute Gasteiger partial charge is 0.487 e. The zero-order valence-corrected chi connectivity index (χ0v) is 8.90. The monoisotopic (exact) mass is 205 g/mol. The minimum Gasteiger partial charge on any atom is -0.487 e. The Morgan fingerprint density at radius 2 is 2.47 bits per heavy atom. The number of allylic oxidation sites excluding steroid dienone is 2. The summed E-state index contributed by atoms with van der Waals surface area (Å²) in [5, 5.41) is 0. The molecular weight excluding hydrogens is 190 g/mol. The smallest absolute Gasteiger partial charge is 0.260 e. The van der Waals surface area contributed by atoms with E-state index in [0.717, 1.165) is 18.8 Å². The summed E-state index contributed by atoms with van der Waals surface area (Å²) in [4.78, 5) is 13.5. The Labute approximate surface area is 89.4 Å². The molecule has 0 radical (unpaired) electrons. The van der Waals surface area contributed by atoms with Crippen molar-refractivity contribution in [1.82, 2.24) is 4.90 Å².